The summed E-state index contributed by atoms with van der Waals surface area (Å²) in [7, 11) is 0. The molecule has 0 spiro atoms. The van der Waals surface area contributed by atoms with E-state index in [2.05, 4.69) is 54.5 Å². The SMILES string of the molecule is CC1(C)CCc2ccccc2C1NCc1ccccn1. The van der Waals surface area contributed by atoms with Crippen molar-refractivity contribution in [1.82, 2.24) is 10.3 Å². The molecule has 0 saturated heterocycles. The number of rotatable bonds is 3. The second kappa shape index (κ2) is 5.37. The van der Waals surface area contributed by atoms with Gasteiger partial charge in [0, 0.05) is 18.8 Å². The van der Waals surface area contributed by atoms with Crippen LogP contribution < -0.4 is 5.32 Å². The Labute approximate surface area is 121 Å². The Bertz CT molecular complexity index is 575. The molecule has 0 aliphatic heterocycles. The smallest absolute Gasteiger partial charge is 0.0541 e. The highest BCUT2D eigenvalue weighted by Crippen LogP contribution is 2.43. The average molecular weight is 266 g/mol. The van der Waals surface area contributed by atoms with Crippen LogP contribution in [-0.4, -0.2) is 4.98 Å². The standard InChI is InChI=1S/C18H22N2/c1-18(2)11-10-14-7-3-4-9-16(14)17(18)20-13-15-8-5-6-12-19-15/h3-9,12,17,20H,10-11,13H2,1-2H3. The summed E-state index contributed by atoms with van der Waals surface area (Å²) >= 11 is 0. The van der Waals surface area contributed by atoms with E-state index in [9.17, 15) is 0 Å². The maximum Gasteiger partial charge on any atom is 0.0541 e. The van der Waals surface area contributed by atoms with E-state index in [1.807, 2.05) is 18.3 Å². The molecule has 0 fully saturated rings. The van der Waals surface area contributed by atoms with E-state index < -0.39 is 0 Å². The third-order valence-electron chi connectivity index (χ3n) is 4.40. The van der Waals surface area contributed by atoms with E-state index >= 15 is 0 Å². The van der Waals surface area contributed by atoms with Crippen LogP contribution in [0, 0.1) is 5.41 Å². The lowest BCUT2D eigenvalue weighted by Gasteiger charge is -2.40. The molecule has 0 bridgehead atoms. The summed E-state index contributed by atoms with van der Waals surface area (Å²) in [4.78, 5) is 4.40. The molecule has 1 N–H and O–H groups in total. The number of aryl methyl sites for hydroxylation is 1. The van der Waals surface area contributed by atoms with Crippen molar-refractivity contribution in [2.75, 3.05) is 0 Å². The first-order chi connectivity index (χ1) is 9.67. The molecule has 2 aromatic rings. The van der Waals surface area contributed by atoms with Gasteiger partial charge in [-0.1, -0.05) is 44.2 Å². The van der Waals surface area contributed by atoms with Crippen LogP contribution >= 0.6 is 0 Å². The van der Waals surface area contributed by atoms with Crippen molar-refractivity contribution in [3.05, 3.63) is 65.5 Å². The van der Waals surface area contributed by atoms with Gasteiger partial charge < -0.3 is 5.32 Å². The maximum atomic E-state index is 4.40. The summed E-state index contributed by atoms with van der Waals surface area (Å²) in [5, 5.41) is 3.72. The van der Waals surface area contributed by atoms with Crippen molar-refractivity contribution in [2.45, 2.75) is 39.3 Å². The second-order valence-corrected chi connectivity index (χ2v) is 6.32. The predicted molar refractivity (Wildman–Crippen MR) is 82.4 cm³/mol. The first-order valence-corrected chi connectivity index (χ1v) is 7.38. The zero-order valence-electron chi connectivity index (χ0n) is 12.3. The van der Waals surface area contributed by atoms with Crippen molar-refractivity contribution >= 4 is 0 Å². The van der Waals surface area contributed by atoms with Crippen LogP contribution in [0.15, 0.2) is 48.7 Å². The van der Waals surface area contributed by atoms with Gasteiger partial charge in [-0.3, -0.25) is 4.98 Å². The van der Waals surface area contributed by atoms with Crippen LogP contribution in [0.5, 0.6) is 0 Å². The largest absolute Gasteiger partial charge is 0.304 e. The van der Waals surface area contributed by atoms with Crippen molar-refractivity contribution in [3.63, 3.8) is 0 Å². The molecule has 3 rings (SSSR count). The Hall–Kier alpha value is -1.67. The van der Waals surface area contributed by atoms with Gasteiger partial charge in [-0.15, -0.1) is 0 Å². The lowest BCUT2D eigenvalue weighted by atomic mass is 9.70. The molecule has 1 aliphatic carbocycles. The van der Waals surface area contributed by atoms with Crippen LogP contribution in [-0.2, 0) is 13.0 Å². The summed E-state index contributed by atoms with van der Waals surface area (Å²) < 4.78 is 0. The molecule has 1 aliphatic rings. The van der Waals surface area contributed by atoms with Gasteiger partial charge >= 0.3 is 0 Å². The minimum atomic E-state index is 0.281. The molecule has 0 radical (unpaired) electrons. The van der Waals surface area contributed by atoms with Gasteiger partial charge in [0.1, 0.15) is 0 Å². The van der Waals surface area contributed by atoms with Crippen LogP contribution in [0.25, 0.3) is 0 Å². The number of nitrogens with zero attached hydrogens (tertiary/aromatic N) is 1. The van der Waals surface area contributed by atoms with Crippen molar-refractivity contribution in [3.8, 4) is 0 Å². The van der Waals surface area contributed by atoms with Gasteiger partial charge in [-0.05, 0) is 41.5 Å². The highest BCUT2D eigenvalue weighted by molar-refractivity contribution is 5.34. The van der Waals surface area contributed by atoms with Crippen molar-refractivity contribution in [2.24, 2.45) is 5.41 Å². The number of fused-ring (bicyclic) bond motifs is 1. The molecule has 0 saturated carbocycles. The van der Waals surface area contributed by atoms with E-state index in [-0.39, 0.29) is 5.41 Å². The van der Waals surface area contributed by atoms with Crippen LogP contribution in [0.4, 0.5) is 0 Å². The topological polar surface area (TPSA) is 24.9 Å². The van der Waals surface area contributed by atoms with Crippen molar-refractivity contribution < 1.29 is 0 Å². The highest BCUT2D eigenvalue weighted by atomic mass is 15.0. The normalized spacial score (nSPS) is 20.4. The fourth-order valence-corrected chi connectivity index (χ4v) is 3.16. The van der Waals surface area contributed by atoms with Gasteiger partial charge in [0.25, 0.3) is 0 Å². The molecule has 2 nitrogen and oxygen atoms in total. The molecule has 1 unspecified atom stereocenters. The number of aromatic nitrogens is 1. The monoisotopic (exact) mass is 266 g/mol. The van der Waals surface area contributed by atoms with Gasteiger partial charge in [0.15, 0.2) is 0 Å². The lowest BCUT2D eigenvalue weighted by Crippen LogP contribution is -2.38. The molecular weight excluding hydrogens is 244 g/mol. The molecule has 2 heteroatoms. The Balaban J connectivity index is 1.83. The fourth-order valence-electron chi connectivity index (χ4n) is 3.16. The quantitative estimate of drug-likeness (QED) is 0.911. The van der Waals surface area contributed by atoms with Gasteiger partial charge in [0.2, 0.25) is 0 Å². The summed E-state index contributed by atoms with van der Waals surface area (Å²) in [5.41, 5.74) is 4.33. The Morgan fingerprint density at radius 1 is 1.15 bits per heavy atom. The van der Waals surface area contributed by atoms with E-state index in [1.165, 1.54) is 24.0 Å². The fraction of sp³-hybridized carbons (Fsp3) is 0.389. The lowest BCUT2D eigenvalue weighted by molar-refractivity contribution is 0.207. The van der Waals surface area contributed by atoms with E-state index in [0.29, 0.717) is 6.04 Å². The number of hydrogen-bond donors (Lipinski definition) is 1. The first-order valence-electron chi connectivity index (χ1n) is 7.38. The zero-order valence-corrected chi connectivity index (χ0v) is 12.3. The second-order valence-electron chi connectivity index (χ2n) is 6.32. The molecule has 1 atom stereocenters. The summed E-state index contributed by atoms with van der Waals surface area (Å²) in [6.07, 6.45) is 4.27. The number of benzene rings is 1. The van der Waals surface area contributed by atoms with E-state index in [0.717, 1.165) is 12.2 Å². The van der Waals surface area contributed by atoms with Crippen LogP contribution in [0.3, 0.4) is 0 Å². The van der Waals surface area contributed by atoms with Crippen molar-refractivity contribution in [1.29, 1.82) is 0 Å². The van der Waals surface area contributed by atoms with Gasteiger partial charge in [-0.25, -0.2) is 0 Å². The van der Waals surface area contributed by atoms with Gasteiger partial charge in [-0.2, -0.15) is 0 Å². The average Bonchev–Trinajstić information content (AvgIpc) is 2.47. The zero-order chi connectivity index (χ0) is 14.0. The number of hydrogen-bond acceptors (Lipinski definition) is 2. The number of nitrogens with one attached hydrogen (secondary N) is 1. The van der Waals surface area contributed by atoms with Crippen LogP contribution in [0.2, 0.25) is 0 Å². The first kappa shape index (κ1) is 13.3. The molecule has 1 heterocycles. The van der Waals surface area contributed by atoms with E-state index in [1.54, 1.807) is 0 Å². The Morgan fingerprint density at radius 3 is 2.75 bits per heavy atom. The number of pyridine rings is 1. The van der Waals surface area contributed by atoms with Gasteiger partial charge in [0.05, 0.1) is 5.69 Å². The minimum absolute atomic E-state index is 0.281. The predicted octanol–water partition coefficient (Wildman–Crippen LogP) is 3.88. The molecule has 20 heavy (non-hydrogen) atoms. The molecule has 104 valence electrons. The maximum absolute atomic E-state index is 4.40. The van der Waals surface area contributed by atoms with E-state index in [4.69, 9.17) is 0 Å². The summed E-state index contributed by atoms with van der Waals surface area (Å²) in [5.74, 6) is 0. The van der Waals surface area contributed by atoms with Crippen LogP contribution in [0.1, 0.15) is 43.1 Å². The molecule has 1 aromatic carbocycles. The highest BCUT2D eigenvalue weighted by Gasteiger charge is 2.35. The Kier molecular flexibility index (Phi) is 3.58. The molecular formula is C18H22N2. The molecule has 1 aromatic heterocycles. The Morgan fingerprint density at radius 2 is 1.95 bits per heavy atom. The summed E-state index contributed by atoms with van der Waals surface area (Å²) in [6, 6.07) is 15.3. The summed E-state index contributed by atoms with van der Waals surface area (Å²) in [6.45, 7) is 5.54. The molecule has 0 amide bonds. The minimum Gasteiger partial charge on any atom is -0.304 e. The third-order valence-corrected chi connectivity index (χ3v) is 4.40. The third kappa shape index (κ3) is 2.61.